The first kappa shape index (κ1) is 13.8. The van der Waals surface area contributed by atoms with Gasteiger partial charge in [-0.3, -0.25) is 4.79 Å². The molecule has 1 atom stereocenters. The van der Waals surface area contributed by atoms with Crippen LogP contribution in [0.3, 0.4) is 0 Å². The third-order valence-corrected chi connectivity index (χ3v) is 2.83. The highest BCUT2D eigenvalue weighted by atomic mass is 35.5. The normalized spacial score (nSPS) is 12.0. The number of amides is 1. The van der Waals surface area contributed by atoms with Crippen molar-refractivity contribution in [1.82, 2.24) is 5.32 Å². The van der Waals surface area contributed by atoms with E-state index in [0.717, 1.165) is 18.5 Å². The Morgan fingerprint density at radius 2 is 2.18 bits per heavy atom. The molecule has 0 saturated heterocycles. The minimum Gasteiger partial charge on any atom is -0.387 e. The fraction of sp³-hybridized carbons (Fsp3) is 0.462. The second-order valence-electron chi connectivity index (χ2n) is 4.10. The zero-order valence-electron chi connectivity index (χ0n) is 10.5. The molecule has 0 aliphatic carbocycles. The summed E-state index contributed by atoms with van der Waals surface area (Å²) < 4.78 is 0. The van der Waals surface area contributed by atoms with Crippen LogP contribution in [0.15, 0.2) is 18.2 Å². The summed E-state index contributed by atoms with van der Waals surface area (Å²) in [5.74, 6) is -0.0854. The Balaban J connectivity index is 2.83. The molecule has 17 heavy (non-hydrogen) atoms. The van der Waals surface area contributed by atoms with Crippen LogP contribution in [-0.2, 0) is 0 Å². The van der Waals surface area contributed by atoms with Crippen molar-refractivity contribution in [2.24, 2.45) is 0 Å². The number of rotatable bonds is 5. The molecule has 0 aromatic heterocycles. The summed E-state index contributed by atoms with van der Waals surface area (Å²) in [5.41, 5.74) is 1.37. The fourth-order valence-corrected chi connectivity index (χ4v) is 1.90. The van der Waals surface area contributed by atoms with E-state index in [2.05, 4.69) is 17.6 Å². The van der Waals surface area contributed by atoms with E-state index in [4.69, 9.17) is 11.6 Å². The van der Waals surface area contributed by atoms with E-state index in [1.165, 1.54) is 0 Å². The van der Waals surface area contributed by atoms with Crippen LogP contribution < -0.4 is 10.6 Å². The first-order valence-corrected chi connectivity index (χ1v) is 6.24. The molecule has 0 saturated carbocycles. The molecule has 1 aromatic rings. The Morgan fingerprint density at radius 3 is 2.76 bits per heavy atom. The summed E-state index contributed by atoms with van der Waals surface area (Å²) in [4.78, 5) is 12.1. The molecular weight excluding hydrogens is 236 g/mol. The highest BCUT2D eigenvalue weighted by Crippen LogP contribution is 2.20. The lowest BCUT2D eigenvalue weighted by Crippen LogP contribution is -2.32. The van der Waals surface area contributed by atoms with Gasteiger partial charge in [-0.2, -0.15) is 0 Å². The standard InChI is InChI=1S/C13H19ClN2O/c1-4-5-9(2)16-13(17)11-8-10(14)6-7-12(11)15-3/h6-9,15H,4-5H2,1-3H3,(H,16,17). The Labute approximate surface area is 108 Å². The predicted octanol–water partition coefficient (Wildman–Crippen LogP) is 3.30. The van der Waals surface area contributed by atoms with Crippen molar-refractivity contribution in [3.63, 3.8) is 0 Å². The van der Waals surface area contributed by atoms with Crippen LogP contribution in [0.2, 0.25) is 5.02 Å². The van der Waals surface area contributed by atoms with E-state index in [1.807, 2.05) is 13.0 Å². The summed E-state index contributed by atoms with van der Waals surface area (Å²) in [5, 5.41) is 6.52. The van der Waals surface area contributed by atoms with Crippen LogP contribution in [0.25, 0.3) is 0 Å². The average Bonchev–Trinajstić information content (AvgIpc) is 2.29. The molecule has 3 nitrogen and oxygen atoms in total. The number of carbonyl (C=O) groups is 1. The van der Waals surface area contributed by atoms with E-state index >= 15 is 0 Å². The lowest BCUT2D eigenvalue weighted by Gasteiger charge is -2.15. The van der Waals surface area contributed by atoms with Crippen LogP contribution in [0.5, 0.6) is 0 Å². The summed E-state index contributed by atoms with van der Waals surface area (Å²) in [7, 11) is 1.79. The Kier molecular flexibility index (Phi) is 5.29. The Morgan fingerprint density at radius 1 is 1.47 bits per heavy atom. The fourth-order valence-electron chi connectivity index (χ4n) is 1.73. The molecule has 0 heterocycles. The maximum atomic E-state index is 12.1. The SMILES string of the molecule is CCCC(C)NC(=O)c1cc(Cl)ccc1NC. The van der Waals surface area contributed by atoms with E-state index in [0.29, 0.717) is 10.6 Å². The van der Waals surface area contributed by atoms with Crippen LogP contribution in [-0.4, -0.2) is 19.0 Å². The van der Waals surface area contributed by atoms with Crippen molar-refractivity contribution >= 4 is 23.2 Å². The molecule has 0 spiro atoms. The van der Waals surface area contributed by atoms with Gasteiger partial charge >= 0.3 is 0 Å². The van der Waals surface area contributed by atoms with Gasteiger partial charge < -0.3 is 10.6 Å². The highest BCUT2D eigenvalue weighted by Gasteiger charge is 2.13. The van der Waals surface area contributed by atoms with E-state index in [1.54, 1.807) is 19.2 Å². The summed E-state index contributed by atoms with van der Waals surface area (Å²) >= 11 is 5.91. The molecule has 1 unspecified atom stereocenters. The zero-order valence-corrected chi connectivity index (χ0v) is 11.3. The van der Waals surface area contributed by atoms with Gasteiger partial charge in [0.15, 0.2) is 0 Å². The van der Waals surface area contributed by atoms with Crippen molar-refractivity contribution in [2.45, 2.75) is 32.7 Å². The summed E-state index contributed by atoms with van der Waals surface area (Å²) in [6, 6.07) is 5.43. The molecule has 1 amide bonds. The second-order valence-corrected chi connectivity index (χ2v) is 4.54. The minimum absolute atomic E-state index is 0.0854. The molecule has 0 aliphatic rings. The maximum absolute atomic E-state index is 12.1. The van der Waals surface area contributed by atoms with Crippen LogP contribution >= 0.6 is 11.6 Å². The first-order valence-electron chi connectivity index (χ1n) is 5.86. The number of benzene rings is 1. The number of carbonyl (C=O) groups excluding carboxylic acids is 1. The molecule has 1 aromatic carbocycles. The van der Waals surface area contributed by atoms with Crippen LogP contribution in [0, 0.1) is 0 Å². The van der Waals surface area contributed by atoms with Gasteiger partial charge in [0, 0.05) is 23.8 Å². The van der Waals surface area contributed by atoms with Gasteiger partial charge in [-0.05, 0) is 31.5 Å². The lowest BCUT2D eigenvalue weighted by atomic mass is 10.1. The Hall–Kier alpha value is -1.22. The van der Waals surface area contributed by atoms with Crippen LogP contribution in [0.4, 0.5) is 5.69 Å². The first-order chi connectivity index (χ1) is 8.08. The minimum atomic E-state index is -0.0854. The summed E-state index contributed by atoms with van der Waals surface area (Å²) in [6.07, 6.45) is 2.02. The predicted molar refractivity (Wildman–Crippen MR) is 72.8 cm³/mol. The van der Waals surface area contributed by atoms with Crippen LogP contribution in [0.1, 0.15) is 37.0 Å². The molecule has 0 radical (unpaired) electrons. The van der Waals surface area contributed by atoms with Gasteiger partial charge in [0.25, 0.3) is 5.91 Å². The average molecular weight is 255 g/mol. The van der Waals surface area contributed by atoms with Crippen molar-refractivity contribution < 1.29 is 4.79 Å². The molecule has 2 N–H and O–H groups in total. The molecule has 94 valence electrons. The number of hydrogen-bond acceptors (Lipinski definition) is 2. The van der Waals surface area contributed by atoms with Crippen molar-refractivity contribution in [2.75, 3.05) is 12.4 Å². The molecule has 0 fully saturated rings. The van der Waals surface area contributed by atoms with Gasteiger partial charge in [-0.1, -0.05) is 24.9 Å². The topological polar surface area (TPSA) is 41.1 Å². The smallest absolute Gasteiger partial charge is 0.253 e. The van der Waals surface area contributed by atoms with E-state index < -0.39 is 0 Å². The maximum Gasteiger partial charge on any atom is 0.253 e. The number of nitrogens with one attached hydrogen (secondary N) is 2. The van der Waals surface area contributed by atoms with Gasteiger partial charge in [-0.25, -0.2) is 0 Å². The number of hydrogen-bond donors (Lipinski definition) is 2. The van der Waals surface area contributed by atoms with E-state index in [9.17, 15) is 4.79 Å². The third kappa shape index (κ3) is 3.93. The van der Waals surface area contributed by atoms with Gasteiger partial charge in [0.1, 0.15) is 0 Å². The van der Waals surface area contributed by atoms with Crippen molar-refractivity contribution in [1.29, 1.82) is 0 Å². The van der Waals surface area contributed by atoms with Gasteiger partial charge in [0.2, 0.25) is 0 Å². The largest absolute Gasteiger partial charge is 0.387 e. The highest BCUT2D eigenvalue weighted by molar-refractivity contribution is 6.31. The quantitative estimate of drug-likeness (QED) is 0.847. The summed E-state index contributed by atoms with van der Waals surface area (Å²) in [6.45, 7) is 4.10. The second kappa shape index (κ2) is 6.50. The Bertz CT molecular complexity index is 393. The van der Waals surface area contributed by atoms with Crippen molar-refractivity contribution in [3.8, 4) is 0 Å². The zero-order chi connectivity index (χ0) is 12.8. The third-order valence-electron chi connectivity index (χ3n) is 2.59. The molecular formula is C13H19ClN2O. The number of halogens is 1. The molecule has 4 heteroatoms. The monoisotopic (exact) mass is 254 g/mol. The van der Waals surface area contributed by atoms with Crippen molar-refractivity contribution in [3.05, 3.63) is 28.8 Å². The number of anilines is 1. The molecule has 1 rings (SSSR count). The van der Waals surface area contributed by atoms with Gasteiger partial charge in [0.05, 0.1) is 5.56 Å². The van der Waals surface area contributed by atoms with E-state index in [-0.39, 0.29) is 11.9 Å². The molecule has 0 aliphatic heterocycles. The lowest BCUT2D eigenvalue weighted by molar-refractivity contribution is 0.0939. The molecule has 0 bridgehead atoms. The van der Waals surface area contributed by atoms with Gasteiger partial charge in [-0.15, -0.1) is 0 Å².